The van der Waals surface area contributed by atoms with E-state index >= 15 is 0 Å². The van der Waals surface area contributed by atoms with Crippen molar-refractivity contribution in [2.75, 3.05) is 5.32 Å². The second-order valence-electron chi connectivity index (χ2n) is 3.49. The van der Waals surface area contributed by atoms with Crippen molar-refractivity contribution in [3.05, 3.63) is 59.9 Å². The largest absolute Gasteiger partial charge is 0.329 e. The molecule has 0 spiro atoms. The molecule has 1 aromatic heterocycles. The Bertz CT molecular complexity index is 451. The molecule has 80 valence electrons. The Morgan fingerprint density at radius 3 is 2.25 bits per heavy atom. The van der Waals surface area contributed by atoms with Gasteiger partial charge in [0.15, 0.2) is 0 Å². The highest BCUT2D eigenvalue weighted by molar-refractivity contribution is 5.71. The molecule has 0 unspecified atom stereocenters. The molecule has 0 aliphatic carbocycles. The Morgan fingerprint density at radius 1 is 1.00 bits per heavy atom. The number of hydrogen-bond donors (Lipinski definition) is 1. The second-order valence-corrected chi connectivity index (χ2v) is 3.49. The molecule has 1 aromatic carbocycles. The SMILES string of the molecule is O=CNc1ccc(Cc2ccncc2)cc1. The molecule has 1 N–H and O–H groups in total. The molecule has 0 radical (unpaired) electrons. The predicted octanol–water partition coefficient (Wildman–Crippen LogP) is 2.24. The molecular formula is C13H12N2O. The van der Waals surface area contributed by atoms with Crippen molar-refractivity contribution in [1.29, 1.82) is 0 Å². The number of pyridine rings is 1. The topological polar surface area (TPSA) is 42.0 Å². The van der Waals surface area contributed by atoms with Crippen LogP contribution < -0.4 is 5.32 Å². The highest BCUT2D eigenvalue weighted by Crippen LogP contribution is 2.12. The fourth-order valence-electron chi connectivity index (χ4n) is 1.52. The van der Waals surface area contributed by atoms with Gasteiger partial charge in [0, 0.05) is 18.1 Å². The van der Waals surface area contributed by atoms with E-state index in [2.05, 4.69) is 10.3 Å². The van der Waals surface area contributed by atoms with Crippen LogP contribution in [0.1, 0.15) is 11.1 Å². The predicted molar refractivity (Wildman–Crippen MR) is 63.2 cm³/mol. The molecule has 3 heteroatoms. The van der Waals surface area contributed by atoms with Crippen LogP contribution in [0.25, 0.3) is 0 Å². The van der Waals surface area contributed by atoms with Crippen molar-refractivity contribution in [1.82, 2.24) is 4.98 Å². The molecule has 16 heavy (non-hydrogen) atoms. The number of carbonyl (C=O) groups excluding carboxylic acids is 1. The second kappa shape index (κ2) is 5.07. The minimum Gasteiger partial charge on any atom is -0.329 e. The van der Waals surface area contributed by atoms with Gasteiger partial charge in [-0.25, -0.2) is 0 Å². The third-order valence-electron chi connectivity index (χ3n) is 2.34. The summed E-state index contributed by atoms with van der Waals surface area (Å²) >= 11 is 0. The fourth-order valence-corrected chi connectivity index (χ4v) is 1.52. The highest BCUT2D eigenvalue weighted by Gasteiger charge is 1.96. The number of nitrogens with one attached hydrogen (secondary N) is 1. The Morgan fingerprint density at radius 2 is 1.62 bits per heavy atom. The quantitative estimate of drug-likeness (QED) is 0.790. The van der Waals surface area contributed by atoms with Crippen LogP contribution in [-0.4, -0.2) is 11.4 Å². The van der Waals surface area contributed by atoms with Gasteiger partial charge in [-0.15, -0.1) is 0 Å². The summed E-state index contributed by atoms with van der Waals surface area (Å²) < 4.78 is 0. The van der Waals surface area contributed by atoms with Gasteiger partial charge in [0.25, 0.3) is 0 Å². The standard InChI is InChI=1S/C13H12N2O/c16-10-15-13-3-1-11(2-4-13)9-12-5-7-14-8-6-12/h1-8,10H,9H2,(H,15,16). The third-order valence-corrected chi connectivity index (χ3v) is 2.34. The molecular weight excluding hydrogens is 200 g/mol. The van der Waals surface area contributed by atoms with Gasteiger partial charge in [-0.2, -0.15) is 0 Å². The van der Waals surface area contributed by atoms with Gasteiger partial charge >= 0.3 is 0 Å². The lowest BCUT2D eigenvalue weighted by atomic mass is 10.1. The maximum atomic E-state index is 10.2. The van der Waals surface area contributed by atoms with Gasteiger partial charge in [-0.1, -0.05) is 12.1 Å². The molecule has 0 aliphatic heterocycles. The normalized spacial score (nSPS) is 9.75. The van der Waals surface area contributed by atoms with Crippen LogP contribution in [0.2, 0.25) is 0 Å². The number of aromatic nitrogens is 1. The molecule has 3 nitrogen and oxygen atoms in total. The molecule has 0 atom stereocenters. The number of amides is 1. The zero-order valence-electron chi connectivity index (χ0n) is 8.76. The van der Waals surface area contributed by atoms with E-state index in [4.69, 9.17) is 0 Å². The summed E-state index contributed by atoms with van der Waals surface area (Å²) in [5, 5.41) is 2.61. The van der Waals surface area contributed by atoms with E-state index in [0.29, 0.717) is 6.41 Å². The van der Waals surface area contributed by atoms with E-state index in [0.717, 1.165) is 12.1 Å². The lowest BCUT2D eigenvalue weighted by Crippen LogP contribution is -1.94. The number of carbonyl (C=O) groups is 1. The minimum atomic E-state index is 0.678. The van der Waals surface area contributed by atoms with E-state index < -0.39 is 0 Å². The third kappa shape index (κ3) is 2.67. The number of benzene rings is 1. The highest BCUT2D eigenvalue weighted by atomic mass is 16.1. The molecule has 1 amide bonds. The number of nitrogens with zero attached hydrogens (tertiary/aromatic N) is 1. The average Bonchev–Trinajstić information content (AvgIpc) is 2.33. The Balaban J connectivity index is 2.08. The van der Waals surface area contributed by atoms with Crippen molar-refractivity contribution in [2.45, 2.75) is 6.42 Å². The van der Waals surface area contributed by atoms with Gasteiger partial charge in [0.05, 0.1) is 0 Å². The molecule has 0 bridgehead atoms. The monoisotopic (exact) mass is 212 g/mol. The van der Waals surface area contributed by atoms with Crippen molar-refractivity contribution in [3.8, 4) is 0 Å². The van der Waals surface area contributed by atoms with Gasteiger partial charge in [0.2, 0.25) is 6.41 Å². The number of hydrogen-bond acceptors (Lipinski definition) is 2. The Labute approximate surface area is 94.1 Å². The van der Waals surface area contributed by atoms with E-state index in [1.165, 1.54) is 11.1 Å². The van der Waals surface area contributed by atoms with E-state index in [1.807, 2.05) is 36.4 Å². The molecule has 1 heterocycles. The molecule has 0 fully saturated rings. The number of rotatable bonds is 4. The molecule has 0 saturated carbocycles. The first kappa shape index (κ1) is 10.4. The zero-order chi connectivity index (χ0) is 11.2. The fraction of sp³-hybridized carbons (Fsp3) is 0.0769. The van der Waals surface area contributed by atoms with Crippen LogP contribution in [0, 0.1) is 0 Å². The maximum Gasteiger partial charge on any atom is 0.211 e. The summed E-state index contributed by atoms with van der Waals surface area (Å²) in [7, 11) is 0. The van der Waals surface area contributed by atoms with E-state index in [-0.39, 0.29) is 0 Å². The van der Waals surface area contributed by atoms with Crippen LogP contribution >= 0.6 is 0 Å². The zero-order valence-corrected chi connectivity index (χ0v) is 8.76. The summed E-state index contributed by atoms with van der Waals surface area (Å²) in [6.45, 7) is 0. The molecule has 2 rings (SSSR count). The smallest absolute Gasteiger partial charge is 0.211 e. The van der Waals surface area contributed by atoms with Gasteiger partial charge < -0.3 is 5.32 Å². The molecule has 0 saturated heterocycles. The van der Waals surface area contributed by atoms with Crippen LogP contribution in [0.15, 0.2) is 48.8 Å². The van der Waals surface area contributed by atoms with Gasteiger partial charge in [-0.3, -0.25) is 9.78 Å². The summed E-state index contributed by atoms with van der Waals surface area (Å²) in [4.78, 5) is 14.2. The van der Waals surface area contributed by atoms with Crippen molar-refractivity contribution < 1.29 is 4.79 Å². The van der Waals surface area contributed by atoms with Crippen molar-refractivity contribution >= 4 is 12.1 Å². The van der Waals surface area contributed by atoms with Crippen LogP contribution in [0.5, 0.6) is 0 Å². The Kier molecular flexibility index (Phi) is 3.28. The van der Waals surface area contributed by atoms with E-state index in [9.17, 15) is 4.79 Å². The lowest BCUT2D eigenvalue weighted by Gasteiger charge is -2.03. The van der Waals surface area contributed by atoms with E-state index in [1.54, 1.807) is 12.4 Å². The molecule has 0 aliphatic rings. The van der Waals surface area contributed by atoms with Crippen LogP contribution in [0.4, 0.5) is 5.69 Å². The van der Waals surface area contributed by atoms with Crippen molar-refractivity contribution in [3.63, 3.8) is 0 Å². The van der Waals surface area contributed by atoms with Crippen molar-refractivity contribution in [2.24, 2.45) is 0 Å². The summed E-state index contributed by atoms with van der Waals surface area (Å²) in [6.07, 6.45) is 5.14. The summed E-state index contributed by atoms with van der Waals surface area (Å²) in [5.74, 6) is 0. The Hall–Kier alpha value is -2.16. The number of anilines is 1. The molecule has 2 aromatic rings. The summed E-state index contributed by atoms with van der Waals surface area (Å²) in [6, 6.07) is 11.8. The average molecular weight is 212 g/mol. The first-order valence-electron chi connectivity index (χ1n) is 5.06. The minimum absolute atomic E-state index is 0.678. The summed E-state index contributed by atoms with van der Waals surface area (Å²) in [5.41, 5.74) is 3.25. The maximum absolute atomic E-state index is 10.2. The van der Waals surface area contributed by atoms with Gasteiger partial charge in [0.1, 0.15) is 0 Å². The lowest BCUT2D eigenvalue weighted by molar-refractivity contribution is -0.105. The first-order chi connectivity index (χ1) is 7.88. The van der Waals surface area contributed by atoms with Gasteiger partial charge in [-0.05, 0) is 41.8 Å². The van der Waals surface area contributed by atoms with Crippen LogP contribution in [0.3, 0.4) is 0 Å². The van der Waals surface area contributed by atoms with Crippen LogP contribution in [-0.2, 0) is 11.2 Å². The first-order valence-corrected chi connectivity index (χ1v) is 5.06.